The Morgan fingerprint density at radius 3 is 2.95 bits per heavy atom. The Bertz CT molecular complexity index is 745. The Balaban J connectivity index is 2.15. The summed E-state index contributed by atoms with van der Waals surface area (Å²) in [5.74, 6) is -0.138. The number of nitrogens with one attached hydrogen (secondary N) is 1. The van der Waals surface area contributed by atoms with E-state index >= 15 is 0 Å². The first-order chi connectivity index (χ1) is 9.86. The average Bonchev–Trinajstić information content (AvgIpc) is 2.91. The largest absolute Gasteiger partial charge is 0.394 e. The quantitative estimate of drug-likeness (QED) is 0.531. The van der Waals surface area contributed by atoms with Crippen LogP contribution in [0.2, 0.25) is 0 Å². The maximum Gasteiger partial charge on any atom is 0.276 e. The fraction of sp³-hybridized carbons (Fsp3) is 0.455. The molecule has 3 heterocycles. The van der Waals surface area contributed by atoms with Crippen LogP contribution in [0.25, 0.3) is 5.52 Å². The highest BCUT2D eigenvalue weighted by atomic mass is 79.9. The molecule has 10 heteroatoms. The molecular weight excluding hydrogens is 351 g/mol. The van der Waals surface area contributed by atoms with Crippen molar-refractivity contribution in [3.05, 3.63) is 28.2 Å². The number of fused-ring (bicyclic) bond motifs is 1. The molecule has 0 amide bonds. The van der Waals surface area contributed by atoms with E-state index in [1.165, 1.54) is 12.1 Å². The van der Waals surface area contributed by atoms with Crippen LogP contribution < -0.4 is 11.3 Å². The average molecular weight is 363 g/mol. The first-order valence-corrected chi connectivity index (χ1v) is 6.85. The van der Waals surface area contributed by atoms with E-state index in [9.17, 15) is 14.3 Å². The van der Waals surface area contributed by atoms with Crippen LogP contribution in [0.4, 0.5) is 10.3 Å². The lowest BCUT2D eigenvalue weighted by Gasteiger charge is -2.21. The van der Waals surface area contributed by atoms with Crippen LogP contribution in [0.5, 0.6) is 0 Å². The number of ether oxygens (including phenoxy) is 1. The van der Waals surface area contributed by atoms with Gasteiger partial charge in [0.05, 0.1) is 12.3 Å². The molecule has 1 aliphatic rings. The number of nitrogen functional groups attached to an aromatic ring is 1. The van der Waals surface area contributed by atoms with Gasteiger partial charge in [-0.1, -0.05) is 0 Å². The molecule has 4 atom stereocenters. The molecule has 0 spiro atoms. The molecule has 1 saturated heterocycles. The molecule has 3 rings (SSSR count). The molecule has 5 N–H and O–H groups in total. The number of hydrogen-bond donors (Lipinski definition) is 4. The van der Waals surface area contributed by atoms with Crippen molar-refractivity contribution in [1.82, 2.24) is 14.6 Å². The van der Waals surface area contributed by atoms with Crippen molar-refractivity contribution in [1.29, 1.82) is 0 Å². The van der Waals surface area contributed by atoms with Gasteiger partial charge >= 0.3 is 0 Å². The van der Waals surface area contributed by atoms with E-state index in [4.69, 9.17) is 15.6 Å². The zero-order chi connectivity index (χ0) is 15.4. The summed E-state index contributed by atoms with van der Waals surface area (Å²) in [6.45, 7) is -0.547. The summed E-state index contributed by atoms with van der Waals surface area (Å²) in [5.41, 5.74) is 5.35. The first kappa shape index (κ1) is 14.4. The van der Waals surface area contributed by atoms with Gasteiger partial charge in [0.15, 0.2) is 0 Å². The Morgan fingerprint density at radius 2 is 2.33 bits per heavy atom. The number of H-pyrrole nitrogens is 1. The molecule has 0 bridgehead atoms. The molecule has 21 heavy (non-hydrogen) atoms. The van der Waals surface area contributed by atoms with Gasteiger partial charge in [-0.3, -0.25) is 9.78 Å². The van der Waals surface area contributed by atoms with Gasteiger partial charge in [0, 0.05) is 0 Å². The molecular formula is C11H12BrFN4O4. The van der Waals surface area contributed by atoms with Gasteiger partial charge in [0.25, 0.3) is 5.56 Å². The van der Waals surface area contributed by atoms with Crippen LogP contribution in [-0.2, 0) is 4.74 Å². The Labute approximate surface area is 125 Å². The summed E-state index contributed by atoms with van der Waals surface area (Å²) in [6.07, 6.45) is -3.93. The van der Waals surface area contributed by atoms with Crippen LogP contribution in [0.15, 0.2) is 16.9 Å². The number of hydrogen-bond acceptors (Lipinski definition) is 6. The normalized spacial score (nSPS) is 32.9. The van der Waals surface area contributed by atoms with Crippen molar-refractivity contribution in [2.24, 2.45) is 0 Å². The minimum absolute atomic E-state index is 0.138. The molecule has 1 aliphatic heterocycles. The number of alkyl halides is 2. The van der Waals surface area contributed by atoms with Crippen LogP contribution in [0.1, 0.15) is 11.8 Å². The molecule has 0 radical (unpaired) electrons. The molecule has 1 unspecified atom stereocenters. The summed E-state index contributed by atoms with van der Waals surface area (Å²) in [7, 11) is 0. The number of aromatic nitrogens is 3. The lowest BCUT2D eigenvalue weighted by molar-refractivity contribution is -0.0241. The molecule has 2 aromatic heterocycles. The Hall–Kier alpha value is -1.49. The maximum atomic E-state index is 14.7. The van der Waals surface area contributed by atoms with Crippen LogP contribution in [0, 0.1) is 0 Å². The summed E-state index contributed by atoms with van der Waals surface area (Å²) < 4.78 is 18.8. The number of aromatic amines is 1. The predicted octanol–water partition coefficient (Wildman–Crippen LogP) is -0.541. The fourth-order valence-corrected chi connectivity index (χ4v) is 3.03. The third kappa shape index (κ3) is 2.06. The molecule has 0 saturated carbocycles. The van der Waals surface area contributed by atoms with E-state index in [1.54, 1.807) is 0 Å². The van der Waals surface area contributed by atoms with Gasteiger partial charge in [-0.2, -0.15) is 0 Å². The molecule has 0 aliphatic carbocycles. The van der Waals surface area contributed by atoms with E-state index in [0.29, 0.717) is 0 Å². The van der Waals surface area contributed by atoms with Crippen molar-refractivity contribution in [3.8, 4) is 0 Å². The van der Waals surface area contributed by atoms with Gasteiger partial charge in [0.2, 0.25) is 10.5 Å². The van der Waals surface area contributed by atoms with Gasteiger partial charge < -0.3 is 20.7 Å². The second kappa shape index (κ2) is 4.77. The standard InChI is InChI=1S/C11H12BrFN4O4/c12-11(13)7(19)6(3-18)21-8(11)4-1-2-5-9(20)15-10(14)16-17(4)5/h1-2,6-8,18-19H,3H2,(H3,14,15,16,20)/t6-,7?,8+,11-/m1/s1. The topological polar surface area (TPSA) is 126 Å². The lowest BCUT2D eigenvalue weighted by atomic mass is 10.1. The molecule has 1 fully saturated rings. The van der Waals surface area contributed by atoms with Gasteiger partial charge in [-0.15, -0.1) is 5.10 Å². The summed E-state index contributed by atoms with van der Waals surface area (Å²) in [6, 6.07) is 2.88. The van der Waals surface area contributed by atoms with Crippen LogP contribution >= 0.6 is 15.9 Å². The predicted molar refractivity (Wildman–Crippen MR) is 73.7 cm³/mol. The third-order valence-electron chi connectivity index (χ3n) is 3.42. The van der Waals surface area contributed by atoms with Gasteiger partial charge in [-0.05, 0) is 28.1 Å². The number of aliphatic hydroxyl groups is 2. The van der Waals surface area contributed by atoms with E-state index in [1.807, 2.05) is 0 Å². The smallest absolute Gasteiger partial charge is 0.276 e. The number of anilines is 1. The number of halogens is 2. The second-order valence-corrected chi connectivity index (χ2v) is 5.97. The summed E-state index contributed by atoms with van der Waals surface area (Å²) in [5, 5.41) is 22.9. The van der Waals surface area contributed by atoms with Crippen molar-refractivity contribution in [2.75, 3.05) is 12.3 Å². The van der Waals surface area contributed by atoms with E-state index in [0.717, 1.165) is 4.52 Å². The van der Waals surface area contributed by atoms with Gasteiger partial charge in [-0.25, -0.2) is 8.91 Å². The zero-order valence-electron chi connectivity index (χ0n) is 10.5. The SMILES string of the molecule is Nc1nn2c([C@@H]3O[C@H](CO)C(O)[C@]3(F)Br)ccc2c(=O)[nH]1. The van der Waals surface area contributed by atoms with E-state index < -0.39 is 35.1 Å². The Morgan fingerprint density at radius 1 is 1.62 bits per heavy atom. The van der Waals surface area contributed by atoms with Crippen LogP contribution in [0.3, 0.4) is 0 Å². The molecule has 2 aromatic rings. The molecule has 8 nitrogen and oxygen atoms in total. The highest BCUT2D eigenvalue weighted by Gasteiger charge is 2.57. The molecule has 0 aromatic carbocycles. The number of rotatable bonds is 2. The Kier molecular flexibility index (Phi) is 3.28. The van der Waals surface area contributed by atoms with Crippen molar-refractivity contribution in [2.45, 2.75) is 22.9 Å². The highest BCUT2D eigenvalue weighted by molar-refractivity contribution is 9.10. The number of nitrogens with two attached hydrogens (primary N) is 1. The second-order valence-electron chi connectivity index (χ2n) is 4.75. The fourth-order valence-electron chi connectivity index (χ4n) is 2.39. The van der Waals surface area contributed by atoms with Gasteiger partial charge in [0.1, 0.15) is 23.8 Å². The number of aliphatic hydroxyl groups excluding tert-OH is 2. The summed E-state index contributed by atoms with van der Waals surface area (Å²) in [4.78, 5) is 14.1. The van der Waals surface area contributed by atoms with Crippen molar-refractivity contribution >= 4 is 27.4 Å². The summed E-state index contributed by atoms with van der Waals surface area (Å²) >= 11 is 2.79. The van der Waals surface area contributed by atoms with Crippen LogP contribution in [-0.4, -0.2) is 48.2 Å². The van der Waals surface area contributed by atoms with E-state index in [-0.39, 0.29) is 17.2 Å². The lowest BCUT2D eigenvalue weighted by Crippen LogP contribution is -2.37. The monoisotopic (exact) mass is 362 g/mol. The third-order valence-corrected chi connectivity index (χ3v) is 4.31. The van der Waals surface area contributed by atoms with E-state index in [2.05, 4.69) is 26.0 Å². The first-order valence-electron chi connectivity index (χ1n) is 6.06. The minimum Gasteiger partial charge on any atom is -0.394 e. The number of nitrogens with zero attached hydrogens (tertiary/aromatic N) is 2. The zero-order valence-corrected chi connectivity index (χ0v) is 12.1. The van der Waals surface area contributed by atoms with Crippen molar-refractivity contribution < 1.29 is 19.3 Å². The minimum atomic E-state index is -2.33. The highest BCUT2D eigenvalue weighted by Crippen LogP contribution is 2.48. The maximum absolute atomic E-state index is 14.7. The van der Waals surface area contributed by atoms with Crippen molar-refractivity contribution in [3.63, 3.8) is 0 Å². The molecule has 114 valence electrons.